The molecule has 1 saturated carbocycles. The van der Waals surface area contributed by atoms with Gasteiger partial charge in [0.15, 0.2) is 0 Å². The number of methoxy groups -OCH3 is 1. The summed E-state index contributed by atoms with van der Waals surface area (Å²) in [5, 5.41) is 9.74. The van der Waals surface area contributed by atoms with Gasteiger partial charge in [0, 0.05) is 12.1 Å². The minimum Gasteiger partial charge on any atom is -0.497 e. The largest absolute Gasteiger partial charge is 0.497 e. The molecule has 1 aliphatic carbocycles. The van der Waals surface area contributed by atoms with E-state index in [0.717, 1.165) is 25.0 Å². The van der Waals surface area contributed by atoms with E-state index >= 15 is 0 Å². The van der Waals surface area contributed by atoms with Crippen LogP contribution in [0.25, 0.3) is 0 Å². The van der Waals surface area contributed by atoms with Crippen molar-refractivity contribution in [3.8, 4) is 5.75 Å². The van der Waals surface area contributed by atoms with Crippen molar-refractivity contribution in [1.29, 1.82) is 0 Å². The Kier molecular flexibility index (Phi) is 3.10. The summed E-state index contributed by atoms with van der Waals surface area (Å²) in [6.07, 6.45) is 1.45. The lowest BCUT2D eigenvalue weighted by Crippen LogP contribution is -2.05. The van der Waals surface area contributed by atoms with E-state index in [1.807, 2.05) is 0 Å². The Morgan fingerprint density at radius 1 is 1.38 bits per heavy atom. The van der Waals surface area contributed by atoms with Crippen LogP contribution in [0, 0.1) is 17.6 Å². The number of halogens is 2. The van der Waals surface area contributed by atoms with Gasteiger partial charge in [-0.2, -0.15) is 0 Å². The van der Waals surface area contributed by atoms with Crippen molar-refractivity contribution in [2.24, 2.45) is 5.92 Å². The molecule has 0 aliphatic heterocycles. The highest BCUT2D eigenvalue weighted by molar-refractivity contribution is 5.31. The number of aliphatic hydroxyl groups is 1. The standard InChI is InChI=1S/C12H14F2O2/c1-16-8-5-9(13)12(10(14)6-8)11(15)4-7-2-3-7/h5-7,11,15H,2-4H2,1H3. The SMILES string of the molecule is COc1cc(F)c(C(O)CC2CC2)c(F)c1. The maximum Gasteiger partial charge on any atom is 0.135 e. The molecule has 88 valence electrons. The van der Waals surface area contributed by atoms with Gasteiger partial charge in [0.25, 0.3) is 0 Å². The van der Waals surface area contributed by atoms with Crippen LogP contribution in [0.2, 0.25) is 0 Å². The third-order valence-corrected chi connectivity index (χ3v) is 2.88. The highest BCUT2D eigenvalue weighted by atomic mass is 19.1. The van der Waals surface area contributed by atoms with E-state index in [2.05, 4.69) is 0 Å². The number of hydrogen-bond acceptors (Lipinski definition) is 2. The summed E-state index contributed by atoms with van der Waals surface area (Å²) < 4.78 is 31.8. The lowest BCUT2D eigenvalue weighted by atomic mass is 10.0. The van der Waals surface area contributed by atoms with Crippen LogP contribution in [0.5, 0.6) is 5.75 Å². The zero-order chi connectivity index (χ0) is 11.7. The third-order valence-electron chi connectivity index (χ3n) is 2.88. The quantitative estimate of drug-likeness (QED) is 0.858. The van der Waals surface area contributed by atoms with Crippen molar-refractivity contribution in [3.63, 3.8) is 0 Å². The van der Waals surface area contributed by atoms with Gasteiger partial charge < -0.3 is 9.84 Å². The van der Waals surface area contributed by atoms with E-state index in [1.54, 1.807) is 0 Å². The number of hydrogen-bond donors (Lipinski definition) is 1. The highest BCUT2D eigenvalue weighted by Gasteiger charge is 2.28. The maximum atomic E-state index is 13.5. The second-order valence-corrected chi connectivity index (χ2v) is 4.20. The predicted octanol–water partition coefficient (Wildman–Crippen LogP) is 2.81. The van der Waals surface area contributed by atoms with Gasteiger partial charge in [-0.3, -0.25) is 0 Å². The van der Waals surface area contributed by atoms with Gasteiger partial charge in [0.2, 0.25) is 0 Å². The van der Waals surface area contributed by atoms with Crippen LogP contribution in [0.4, 0.5) is 8.78 Å². The van der Waals surface area contributed by atoms with E-state index in [1.165, 1.54) is 7.11 Å². The van der Waals surface area contributed by atoms with Gasteiger partial charge in [-0.1, -0.05) is 12.8 Å². The van der Waals surface area contributed by atoms with E-state index in [0.29, 0.717) is 12.3 Å². The summed E-state index contributed by atoms with van der Waals surface area (Å²) in [6, 6.07) is 2.18. The molecule has 1 N–H and O–H groups in total. The molecule has 0 heterocycles. The first-order valence-corrected chi connectivity index (χ1v) is 5.32. The highest BCUT2D eigenvalue weighted by Crippen LogP contribution is 2.39. The van der Waals surface area contributed by atoms with Crippen LogP contribution in [0.1, 0.15) is 30.9 Å². The summed E-state index contributed by atoms with van der Waals surface area (Å²) in [5.74, 6) is -0.955. The Balaban J connectivity index is 2.24. The Morgan fingerprint density at radius 2 is 1.94 bits per heavy atom. The first-order valence-electron chi connectivity index (χ1n) is 5.32. The van der Waals surface area contributed by atoms with Gasteiger partial charge in [-0.05, 0) is 12.3 Å². The molecule has 0 spiro atoms. The Bertz CT molecular complexity index is 366. The van der Waals surface area contributed by atoms with E-state index in [9.17, 15) is 13.9 Å². The van der Waals surface area contributed by atoms with Crippen LogP contribution >= 0.6 is 0 Å². The Hall–Kier alpha value is -1.16. The summed E-state index contributed by atoms with van der Waals surface area (Å²) in [7, 11) is 1.34. The van der Waals surface area contributed by atoms with Crippen molar-refractivity contribution < 1.29 is 18.6 Å². The monoisotopic (exact) mass is 228 g/mol. The average molecular weight is 228 g/mol. The normalized spacial score (nSPS) is 17.2. The van der Waals surface area contributed by atoms with Crippen molar-refractivity contribution in [2.75, 3.05) is 7.11 Å². The maximum absolute atomic E-state index is 13.5. The zero-order valence-corrected chi connectivity index (χ0v) is 9.04. The van der Waals surface area contributed by atoms with Crippen LogP contribution in [0.15, 0.2) is 12.1 Å². The summed E-state index contributed by atoms with van der Waals surface area (Å²) in [5.41, 5.74) is -0.243. The van der Waals surface area contributed by atoms with Crippen LogP contribution in [-0.2, 0) is 0 Å². The zero-order valence-electron chi connectivity index (χ0n) is 9.04. The van der Waals surface area contributed by atoms with Gasteiger partial charge >= 0.3 is 0 Å². The lowest BCUT2D eigenvalue weighted by Gasteiger charge is -2.13. The summed E-state index contributed by atoms with van der Waals surface area (Å²) in [6.45, 7) is 0. The molecule has 0 amide bonds. The molecule has 1 fully saturated rings. The molecule has 1 unspecified atom stereocenters. The van der Waals surface area contributed by atoms with Crippen LogP contribution < -0.4 is 4.74 Å². The topological polar surface area (TPSA) is 29.5 Å². The van der Waals surface area contributed by atoms with Gasteiger partial charge in [0.1, 0.15) is 17.4 Å². The molecule has 0 aromatic heterocycles. The molecular weight excluding hydrogens is 214 g/mol. The molecule has 1 aromatic rings. The first kappa shape index (κ1) is 11.3. The molecule has 0 saturated heterocycles. The number of aliphatic hydroxyl groups excluding tert-OH is 1. The molecule has 1 aromatic carbocycles. The van der Waals surface area contributed by atoms with Crippen molar-refractivity contribution in [2.45, 2.75) is 25.4 Å². The average Bonchev–Trinajstić information content (AvgIpc) is 3.00. The van der Waals surface area contributed by atoms with Crippen LogP contribution in [-0.4, -0.2) is 12.2 Å². The number of rotatable bonds is 4. The van der Waals surface area contributed by atoms with Gasteiger partial charge in [-0.25, -0.2) is 8.78 Å². The lowest BCUT2D eigenvalue weighted by molar-refractivity contribution is 0.150. The predicted molar refractivity (Wildman–Crippen MR) is 55.2 cm³/mol. The smallest absolute Gasteiger partial charge is 0.135 e. The molecule has 1 atom stereocenters. The van der Waals surface area contributed by atoms with Crippen molar-refractivity contribution >= 4 is 0 Å². The van der Waals surface area contributed by atoms with E-state index in [4.69, 9.17) is 4.74 Å². The van der Waals surface area contributed by atoms with Crippen molar-refractivity contribution in [3.05, 3.63) is 29.3 Å². The van der Waals surface area contributed by atoms with E-state index in [-0.39, 0.29) is 11.3 Å². The number of benzene rings is 1. The van der Waals surface area contributed by atoms with Crippen molar-refractivity contribution in [1.82, 2.24) is 0 Å². The molecule has 16 heavy (non-hydrogen) atoms. The third kappa shape index (κ3) is 2.32. The number of ether oxygens (including phenoxy) is 1. The second kappa shape index (κ2) is 4.37. The van der Waals surface area contributed by atoms with Crippen LogP contribution in [0.3, 0.4) is 0 Å². The molecule has 0 radical (unpaired) electrons. The fourth-order valence-corrected chi connectivity index (χ4v) is 1.78. The van der Waals surface area contributed by atoms with Gasteiger partial charge in [-0.15, -0.1) is 0 Å². The Labute approximate surface area is 92.9 Å². The molecule has 2 nitrogen and oxygen atoms in total. The minimum atomic E-state index is -1.06. The fourth-order valence-electron chi connectivity index (χ4n) is 1.78. The molecular formula is C12H14F2O2. The summed E-state index contributed by atoms with van der Waals surface area (Å²) >= 11 is 0. The van der Waals surface area contributed by atoms with E-state index < -0.39 is 17.7 Å². The summed E-state index contributed by atoms with van der Waals surface area (Å²) in [4.78, 5) is 0. The first-order chi connectivity index (χ1) is 7.61. The molecule has 1 aliphatic rings. The molecule has 2 rings (SSSR count). The van der Waals surface area contributed by atoms with Gasteiger partial charge in [0.05, 0.1) is 18.8 Å². The fraction of sp³-hybridized carbons (Fsp3) is 0.500. The Morgan fingerprint density at radius 3 is 2.38 bits per heavy atom. The minimum absolute atomic E-state index is 0.123. The molecule has 4 heteroatoms. The second-order valence-electron chi connectivity index (χ2n) is 4.20. The molecule has 0 bridgehead atoms.